The van der Waals surface area contributed by atoms with Crippen molar-refractivity contribution in [1.82, 2.24) is 9.55 Å². The van der Waals surface area contributed by atoms with Crippen LogP contribution in [-0.2, 0) is 13.6 Å². The van der Waals surface area contributed by atoms with Crippen LogP contribution in [0.15, 0.2) is 36.8 Å². The zero-order valence-electron chi connectivity index (χ0n) is 10.6. The molecule has 1 aromatic heterocycles. The predicted molar refractivity (Wildman–Crippen MR) is 71.1 cm³/mol. The van der Waals surface area contributed by atoms with E-state index in [0.29, 0.717) is 5.92 Å². The Kier molecular flexibility index (Phi) is 3.47. The first-order valence-electron chi connectivity index (χ1n) is 5.96. The molecule has 0 radical (unpaired) electrons. The van der Waals surface area contributed by atoms with Crippen molar-refractivity contribution in [2.75, 3.05) is 5.32 Å². The van der Waals surface area contributed by atoms with E-state index in [1.54, 1.807) is 0 Å². The van der Waals surface area contributed by atoms with Crippen molar-refractivity contribution in [3.8, 4) is 0 Å². The molecule has 17 heavy (non-hydrogen) atoms. The van der Waals surface area contributed by atoms with Crippen LogP contribution in [0.3, 0.4) is 0 Å². The number of hydrogen-bond donors (Lipinski definition) is 1. The Morgan fingerprint density at radius 1 is 1.29 bits per heavy atom. The van der Waals surface area contributed by atoms with Gasteiger partial charge in [-0.2, -0.15) is 0 Å². The van der Waals surface area contributed by atoms with Crippen molar-refractivity contribution < 1.29 is 0 Å². The third-order valence-electron chi connectivity index (χ3n) is 2.96. The fourth-order valence-electron chi connectivity index (χ4n) is 1.90. The second-order valence-corrected chi connectivity index (χ2v) is 4.59. The zero-order chi connectivity index (χ0) is 12.3. The maximum atomic E-state index is 4.11. The molecule has 2 rings (SSSR count). The van der Waals surface area contributed by atoms with Crippen molar-refractivity contribution in [3.63, 3.8) is 0 Å². The van der Waals surface area contributed by atoms with Gasteiger partial charge in [0.1, 0.15) is 0 Å². The molecule has 1 heterocycles. The SMILES string of the molecule is CC(C)c1ccccc1NCc1cncn1C. The molecule has 0 saturated carbocycles. The van der Waals surface area contributed by atoms with Crippen LogP contribution in [0.4, 0.5) is 5.69 Å². The summed E-state index contributed by atoms with van der Waals surface area (Å²) in [6.45, 7) is 5.23. The van der Waals surface area contributed by atoms with Gasteiger partial charge in [-0.15, -0.1) is 0 Å². The Morgan fingerprint density at radius 3 is 2.71 bits per heavy atom. The number of para-hydroxylation sites is 1. The average molecular weight is 229 g/mol. The number of aryl methyl sites for hydroxylation is 1. The molecule has 0 amide bonds. The number of imidazole rings is 1. The summed E-state index contributed by atoms with van der Waals surface area (Å²) in [6.07, 6.45) is 3.72. The number of aromatic nitrogens is 2. The van der Waals surface area contributed by atoms with E-state index in [9.17, 15) is 0 Å². The van der Waals surface area contributed by atoms with Crippen LogP contribution in [0.25, 0.3) is 0 Å². The largest absolute Gasteiger partial charge is 0.379 e. The van der Waals surface area contributed by atoms with Crippen LogP contribution in [0.2, 0.25) is 0 Å². The summed E-state index contributed by atoms with van der Waals surface area (Å²) < 4.78 is 2.03. The number of rotatable bonds is 4. The summed E-state index contributed by atoms with van der Waals surface area (Å²) in [5, 5.41) is 3.48. The van der Waals surface area contributed by atoms with Gasteiger partial charge in [0.25, 0.3) is 0 Å². The first-order chi connectivity index (χ1) is 8.18. The lowest BCUT2D eigenvalue weighted by Gasteiger charge is -2.14. The first-order valence-corrected chi connectivity index (χ1v) is 5.96. The highest BCUT2D eigenvalue weighted by Gasteiger charge is 2.05. The van der Waals surface area contributed by atoms with Gasteiger partial charge in [0.15, 0.2) is 0 Å². The molecule has 0 spiro atoms. The Hall–Kier alpha value is -1.77. The highest BCUT2D eigenvalue weighted by molar-refractivity contribution is 5.52. The smallest absolute Gasteiger partial charge is 0.0946 e. The van der Waals surface area contributed by atoms with Gasteiger partial charge >= 0.3 is 0 Å². The Labute approximate surface area is 103 Å². The molecule has 3 nitrogen and oxygen atoms in total. The molecular formula is C14H19N3. The molecule has 0 aliphatic rings. The molecule has 0 unspecified atom stereocenters. The van der Waals surface area contributed by atoms with E-state index >= 15 is 0 Å². The molecule has 0 saturated heterocycles. The number of anilines is 1. The molecule has 90 valence electrons. The molecule has 0 aliphatic carbocycles. The van der Waals surface area contributed by atoms with Crippen LogP contribution in [0.1, 0.15) is 31.0 Å². The Balaban J connectivity index is 2.11. The molecule has 1 aromatic carbocycles. The summed E-state index contributed by atoms with van der Waals surface area (Å²) in [5.74, 6) is 0.533. The van der Waals surface area contributed by atoms with Crippen molar-refractivity contribution >= 4 is 5.69 Å². The minimum Gasteiger partial charge on any atom is -0.379 e. The molecule has 1 N–H and O–H groups in total. The standard InChI is InChI=1S/C14H19N3/c1-11(2)13-6-4-5-7-14(13)16-9-12-8-15-10-17(12)3/h4-8,10-11,16H,9H2,1-3H3. The van der Waals surface area contributed by atoms with E-state index in [-0.39, 0.29) is 0 Å². The Bertz CT molecular complexity index is 486. The van der Waals surface area contributed by atoms with Crippen LogP contribution in [-0.4, -0.2) is 9.55 Å². The Morgan fingerprint density at radius 2 is 2.06 bits per heavy atom. The lowest BCUT2D eigenvalue weighted by Crippen LogP contribution is -2.06. The molecule has 3 heteroatoms. The minimum atomic E-state index is 0.533. The van der Waals surface area contributed by atoms with Crippen molar-refractivity contribution in [1.29, 1.82) is 0 Å². The van der Waals surface area contributed by atoms with Crippen molar-refractivity contribution in [3.05, 3.63) is 48.0 Å². The summed E-state index contributed by atoms with van der Waals surface area (Å²) in [5.41, 5.74) is 3.75. The number of nitrogens with one attached hydrogen (secondary N) is 1. The second-order valence-electron chi connectivity index (χ2n) is 4.59. The lowest BCUT2D eigenvalue weighted by molar-refractivity contribution is 0.830. The van der Waals surface area contributed by atoms with Crippen LogP contribution < -0.4 is 5.32 Å². The summed E-state index contributed by atoms with van der Waals surface area (Å²) in [4.78, 5) is 4.11. The monoisotopic (exact) mass is 229 g/mol. The molecule has 0 aliphatic heterocycles. The van der Waals surface area contributed by atoms with Crippen molar-refractivity contribution in [2.24, 2.45) is 7.05 Å². The lowest BCUT2D eigenvalue weighted by atomic mass is 10.0. The number of hydrogen-bond acceptors (Lipinski definition) is 2. The molecule has 0 bridgehead atoms. The molecule has 0 fully saturated rings. The van der Waals surface area contributed by atoms with Gasteiger partial charge in [0.2, 0.25) is 0 Å². The van der Waals surface area contributed by atoms with Gasteiger partial charge in [-0.25, -0.2) is 4.98 Å². The molecule has 2 aromatic rings. The normalized spacial score (nSPS) is 10.8. The minimum absolute atomic E-state index is 0.533. The quantitative estimate of drug-likeness (QED) is 0.872. The van der Waals surface area contributed by atoms with Crippen LogP contribution >= 0.6 is 0 Å². The second kappa shape index (κ2) is 5.04. The van der Waals surface area contributed by atoms with E-state index in [0.717, 1.165) is 6.54 Å². The third kappa shape index (κ3) is 2.67. The predicted octanol–water partition coefficient (Wildman–Crippen LogP) is 3.16. The number of benzene rings is 1. The van der Waals surface area contributed by atoms with Gasteiger partial charge in [-0.3, -0.25) is 0 Å². The van der Waals surface area contributed by atoms with Gasteiger partial charge in [-0.05, 0) is 17.5 Å². The van der Waals surface area contributed by atoms with E-state index in [1.165, 1.54) is 16.9 Å². The van der Waals surface area contributed by atoms with E-state index < -0.39 is 0 Å². The first kappa shape index (κ1) is 11.7. The highest BCUT2D eigenvalue weighted by Crippen LogP contribution is 2.23. The fraction of sp³-hybridized carbons (Fsp3) is 0.357. The summed E-state index contributed by atoms with van der Waals surface area (Å²) in [7, 11) is 2.01. The van der Waals surface area contributed by atoms with E-state index in [4.69, 9.17) is 0 Å². The highest BCUT2D eigenvalue weighted by atomic mass is 15.0. The molecule has 0 atom stereocenters. The fourth-order valence-corrected chi connectivity index (χ4v) is 1.90. The summed E-state index contributed by atoms with van der Waals surface area (Å²) >= 11 is 0. The van der Waals surface area contributed by atoms with E-state index in [1.807, 2.05) is 24.1 Å². The van der Waals surface area contributed by atoms with Gasteiger partial charge in [0.05, 0.1) is 18.6 Å². The van der Waals surface area contributed by atoms with Gasteiger partial charge in [-0.1, -0.05) is 32.0 Å². The summed E-state index contributed by atoms with van der Waals surface area (Å²) in [6, 6.07) is 8.46. The van der Waals surface area contributed by atoms with E-state index in [2.05, 4.69) is 48.4 Å². The van der Waals surface area contributed by atoms with Crippen LogP contribution in [0.5, 0.6) is 0 Å². The maximum Gasteiger partial charge on any atom is 0.0946 e. The zero-order valence-corrected chi connectivity index (χ0v) is 10.6. The maximum absolute atomic E-state index is 4.11. The van der Waals surface area contributed by atoms with Crippen LogP contribution in [0, 0.1) is 0 Å². The topological polar surface area (TPSA) is 29.9 Å². The number of nitrogens with zero attached hydrogens (tertiary/aromatic N) is 2. The van der Waals surface area contributed by atoms with Crippen molar-refractivity contribution in [2.45, 2.75) is 26.3 Å². The molecular weight excluding hydrogens is 210 g/mol. The average Bonchev–Trinajstić information content (AvgIpc) is 2.72. The van der Waals surface area contributed by atoms with Gasteiger partial charge < -0.3 is 9.88 Å². The van der Waals surface area contributed by atoms with Gasteiger partial charge in [0, 0.05) is 18.9 Å². The third-order valence-corrected chi connectivity index (χ3v) is 2.96.